The molecule has 2 nitrogen and oxygen atoms in total. The molecule has 1 aromatic carbocycles. The third-order valence-electron chi connectivity index (χ3n) is 2.87. The van der Waals surface area contributed by atoms with E-state index < -0.39 is 5.60 Å². The molecule has 0 saturated carbocycles. The molecule has 1 aromatic rings. The Labute approximate surface area is 119 Å². The number of aliphatic hydroxyl groups is 1. The van der Waals surface area contributed by atoms with Crippen LogP contribution in [0.3, 0.4) is 0 Å². The third-order valence-corrected chi connectivity index (χ3v) is 3.36. The summed E-state index contributed by atoms with van der Waals surface area (Å²) in [5, 5.41) is 13.7. The van der Waals surface area contributed by atoms with Crippen molar-refractivity contribution in [1.82, 2.24) is 5.32 Å². The minimum Gasteiger partial charge on any atom is -0.390 e. The van der Waals surface area contributed by atoms with Crippen LogP contribution in [0.5, 0.6) is 0 Å². The van der Waals surface area contributed by atoms with Crippen LogP contribution >= 0.6 is 15.9 Å². The zero-order chi connectivity index (χ0) is 13.6. The number of hydrogen-bond donors (Lipinski definition) is 2. The standard InChI is InChI=1S/C15H24BrNO/c1-12(2)11-17-8-7-15(3,18)10-13-5-4-6-14(16)9-13/h4-6,9,12,17-18H,7-8,10-11H2,1-3H3. The van der Waals surface area contributed by atoms with Crippen molar-refractivity contribution in [3.05, 3.63) is 34.3 Å². The molecule has 1 rings (SSSR count). The highest BCUT2D eigenvalue weighted by atomic mass is 79.9. The van der Waals surface area contributed by atoms with Crippen LogP contribution in [0.1, 0.15) is 32.8 Å². The first kappa shape index (κ1) is 15.7. The summed E-state index contributed by atoms with van der Waals surface area (Å²) in [7, 11) is 0. The highest BCUT2D eigenvalue weighted by molar-refractivity contribution is 9.10. The second-order valence-electron chi connectivity index (χ2n) is 5.65. The Morgan fingerprint density at radius 2 is 2.11 bits per heavy atom. The molecule has 0 amide bonds. The number of benzene rings is 1. The van der Waals surface area contributed by atoms with E-state index in [1.165, 1.54) is 5.56 Å². The smallest absolute Gasteiger partial charge is 0.0672 e. The Bertz CT molecular complexity index is 363. The van der Waals surface area contributed by atoms with Gasteiger partial charge in [-0.15, -0.1) is 0 Å². The zero-order valence-corrected chi connectivity index (χ0v) is 13.1. The van der Waals surface area contributed by atoms with E-state index in [-0.39, 0.29) is 0 Å². The first-order chi connectivity index (χ1) is 8.39. The van der Waals surface area contributed by atoms with Gasteiger partial charge in [-0.25, -0.2) is 0 Å². The molecular weight excluding hydrogens is 290 g/mol. The Kier molecular flexibility index (Phi) is 6.33. The lowest BCUT2D eigenvalue weighted by atomic mass is 9.93. The number of rotatable bonds is 7. The Balaban J connectivity index is 2.39. The van der Waals surface area contributed by atoms with Gasteiger partial charge in [-0.3, -0.25) is 0 Å². The topological polar surface area (TPSA) is 32.3 Å². The number of nitrogens with one attached hydrogen (secondary N) is 1. The van der Waals surface area contributed by atoms with Crippen molar-refractivity contribution in [2.24, 2.45) is 5.92 Å². The molecule has 0 aliphatic carbocycles. The lowest BCUT2D eigenvalue weighted by molar-refractivity contribution is 0.0514. The van der Waals surface area contributed by atoms with Gasteiger partial charge in [-0.05, 0) is 50.0 Å². The molecule has 102 valence electrons. The molecule has 0 aliphatic rings. The molecule has 0 saturated heterocycles. The van der Waals surface area contributed by atoms with Crippen LogP contribution in [0.4, 0.5) is 0 Å². The minimum atomic E-state index is -0.648. The van der Waals surface area contributed by atoms with Gasteiger partial charge in [-0.2, -0.15) is 0 Å². The fourth-order valence-corrected chi connectivity index (χ4v) is 2.37. The predicted molar refractivity (Wildman–Crippen MR) is 80.8 cm³/mol. The maximum atomic E-state index is 10.4. The fourth-order valence-electron chi connectivity index (χ4n) is 1.92. The van der Waals surface area contributed by atoms with Crippen LogP contribution in [0, 0.1) is 5.92 Å². The van der Waals surface area contributed by atoms with E-state index in [0.29, 0.717) is 12.3 Å². The highest BCUT2D eigenvalue weighted by Crippen LogP contribution is 2.19. The van der Waals surface area contributed by atoms with Gasteiger partial charge in [0.1, 0.15) is 0 Å². The molecule has 0 fully saturated rings. The summed E-state index contributed by atoms with van der Waals surface area (Å²) in [6, 6.07) is 8.13. The van der Waals surface area contributed by atoms with Gasteiger partial charge in [0.15, 0.2) is 0 Å². The van der Waals surface area contributed by atoms with Gasteiger partial charge in [0.25, 0.3) is 0 Å². The predicted octanol–water partition coefficient (Wildman–Crippen LogP) is 3.38. The molecule has 3 heteroatoms. The van der Waals surface area contributed by atoms with Crippen LogP contribution < -0.4 is 5.32 Å². The van der Waals surface area contributed by atoms with Gasteiger partial charge in [-0.1, -0.05) is 41.9 Å². The van der Waals surface area contributed by atoms with Gasteiger partial charge in [0.05, 0.1) is 5.60 Å². The van der Waals surface area contributed by atoms with Gasteiger partial charge >= 0.3 is 0 Å². The summed E-state index contributed by atoms with van der Waals surface area (Å²) in [5.41, 5.74) is 0.517. The highest BCUT2D eigenvalue weighted by Gasteiger charge is 2.20. The summed E-state index contributed by atoms with van der Waals surface area (Å²) in [6.07, 6.45) is 1.46. The maximum absolute atomic E-state index is 10.4. The van der Waals surface area contributed by atoms with E-state index >= 15 is 0 Å². The minimum absolute atomic E-state index is 0.648. The van der Waals surface area contributed by atoms with Gasteiger partial charge in [0, 0.05) is 10.9 Å². The Hall–Kier alpha value is -0.380. The Morgan fingerprint density at radius 1 is 1.39 bits per heavy atom. The van der Waals surface area contributed by atoms with Crippen LogP contribution in [0.2, 0.25) is 0 Å². The van der Waals surface area contributed by atoms with Crippen LogP contribution in [-0.2, 0) is 6.42 Å². The van der Waals surface area contributed by atoms with Crippen molar-refractivity contribution in [3.63, 3.8) is 0 Å². The monoisotopic (exact) mass is 313 g/mol. The summed E-state index contributed by atoms with van der Waals surface area (Å²) in [6.45, 7) is 8.15. The zero-order valence-electron chi connectivity index (χ0n) is 11.5. The second kappa shape index (κ2) is 7.27. The third kappa shape index (κ3) is 6.53. The Morgan fingerprint density at radius 3 is 2.72 bits per heavy atom. The van der Waals surface area contributed by atoms with Gasteiger partial charge < -0.3 is 10.4 Å². The van der Waals surface area contributed by atoms with Crippen LogP contribution in [-0.4, -0.2) is 23.8 Å². The first-order valence-corrected chi connectivity index (χ1v) is 7.36. The summed E-state index contributed by atoms with van der Waals surface area (Å²) in [4.78, 5) is 0. The number of halogens is 1. The molecule has 18 heavy (non-hydrogen) atoms. The first-order valence-electron chi connectivity index (χ1n) is 6.56. The molecule has 0 radical (unpaired) electrons. The summed E-state index contributed by atoms with van der Waals surface area (Å²) < 4.78 is 1.06. The molecule has 0 spiro atoms. The molecule has 0 aliphatic heterocycles. The summed E-state index contributed by atoms with van der Waals surface area (Å²) >= 11 is 3.46. The molecule has 1 atom stereocenters. The van der Waals surface area contributed by atoms with E-state index in [9.17, 15) is 5.11 Å². The molecule has 1 unspecified atom stereocenters. The average Bonchev–Trinajstić information content (AvgIpc) is 2.23. The quantitative estimate of drug-likeness (QED) is 0.756. The van der Waals surface area contributed by atoms with Crippen molar-refractivity contribution in [2.45, 2.75) is 39.2 Å². The molecule has 0 heterocycles. The van der Waals surface area contributed by atoms with Gasteiger partial charge in [0.2, 0.25) is 0 Å². The SMILES string of the molecule is CC(C)CNCCC(C)(O)Cc1cccc(Br)c1. The van der Waals surface area contributed by atoms with Crippen molar-refractivity contribution >= 4 is 15.9 Å². The van der Waals surface area contributed by atoms with Crippen molar-refractivity contribution < 1.29 is 5.11 Å². The van der Waals surface area contributed by atoms with Crippen molar-refractivity contribution in [1.29, 1.82) is 0 Å². The molecule has 2 N–H and O–H groups in total. The molecule has 0 aromatic heterocycles. The normalized spacial score (nSPS) is 14.8. The van der Waals surface area contributed by atoms with Crippen molar-refractivity contribution in [2.75, 3.05) is 13.1 Å². The van der Waals surface area contributed by atoms with Crippen LogP contribution in [0.25, 0.3) is 0 Å². The van der Waals surface area contributed by atoms with Crippen molar-refractivity contribution in [3.8, 4) is 0 Å². The second-order valence-corrected chi connectivity index (χ2v) is 6.57. The molecular formula is C15H24BrNO. The lowest BCUT2D eigenvalue weighted by Gasteiger charge is -2.24. The molecule has 0 bridgehead atoms. The fraction of sp³-hybridized carbons (Fsp3) is 0.600. The van der Waals surface area contributed by atoms with Crippen LogP contribution in [0.15, 0.2) is 28.7 Å². The van der Waals surface area contributed by atoms with E-state index in [4.69, 9.17) is 0 Å². The van der Waals surface area contributed by atoms with E-state index in [0.717, 1.165) is 24.0 Å². The summed E-state index contributed by atoms with van der Waals surface area (Å²) in [5.74, 6) is 0.653. The number of hydrogen-bond acceptors (Lipinski definition) is 2. The maximum Gasteiger partial charge on any atom is 0.0672 e. The van der Waals surface area contributed by atoms with E-state index in [1.54, 1.807) is 0 Å². The van der Waals surface area contributed by atoms with E-state index in [1.807, 2.05) is 19.1 Å². The lowest BCUT2D eigenvalue weighted by Crippen LogP contribution is -2.33. The average molecular weight is 314 g/mol. The largest absolute Gasteiger partial charge is 0.390 e. The van der Waals surface area contributed by atoms with E-state index in [2.05, 4.69) is 47.2 Å².